The van der Waals surface area contributed by atoms with E-state index in [1.165, 1.54) is 32.1 Å². The number of hydrogen-bond acceptors (Lipinski definition) is 3. The van der Waals surface area contributed by atoms with Crippen molar-refractivity contribution in [3.8, 4) is 0 Å². The average molecular weight is 328 g/mol. The van der Waals surface area contributed by atoms with E-state index in [4.69, 9.17) is 0 Å². The third kappa shape index (κ3) is 5.89. The van der Waals surface area contributed by atoms with Crippen LogP contribution in [0.15, 0.2) is 10.7 Å². The monoisotopic (exact) mass is 327 g/mol. The summed E-state index contributed by atoms with van der Waals surface area (Å²) in [7, 11) is 0. The van der Waals surface area contributed by atoms with E-state index in [-0.39, 0.29) is 0 Å². The minimum atomic E-state index is 0.346. The Bertz CT molecular complexity index is 380. The Balaban J connectivity index is 2.77. The first kappa shape index (κ1) is 16.4. The third-order valence-electron chi connectivity index (χ3n) is 3.12. The maximum Gasteiger partial charge on any atom is 0.134 e. The molecule has 0 radical (unpaired) electrons. The Kier molecular flexibility index (Phi) is 7.36. The highest BCUT2D eigenvalue weighted by Crippen LogP contribution is 2.20. The van der Waals surface area contributed by atoms with Gasteiger partial charge in [0.05, 0.1) is 0 Å². The smallest absolute Gasteiger partial charge is 0.134 e. The molecule has 0 saturated carbocycles. The van der Waals surface area contributed by atoms with Gasteiger partial charge in [-0.05, 0) is 28.8 Å². The molecule has 1 aromatic rings. The van der Waals surface area contributed by atoms with Crippen LogP contribution in [0.25, 0.3) is 0 Å². The molecule has 1 N–H and O–H groups in total. The molecule has 0 spiro atoms. The Labute approximate surface area is 125 Å². The van der Waals surface area contributed by atoms with Gasteiger partial charge in [0.15, 0.2) is 0 Å². The molecule has 1 rings (SSSR count). The molecule has 0 aromatic carbocycles. The SMILES string of the molecule is CCCCC(CCC)Nc1cc(Br)nc(C(C)C)n1. The van der Waals surface area contributed by atoms with Crippen LogP contribution in [-0.4, -0.2) is 16.0 Å². The van der Waals surface area contributed by atoms with E-state index in [0.29, 0.717) is 12.0 Å². The van der Waals surface area contributed by atoms with Crippen LogP contribution < -0.4 is 5.32 Å². The van der Waals surface area contributed by atoms with Gasteiger partial charge in [-0.1, -0.05) is 47.0 Å². The molecule has 0 aliphatic heterocycles. The van der Waals surface area contributed by atoms with Gasteiger partial charge in [0.2, 0.25) is 0 Å². The van der Waals surface area contributed by atoms with Crippen LogP contribution in [0.2, 0.25) is 0 Å². The second-order valence-corrected chi connectivity index (χ2v) is 6.17. The van der Waals surface area contributed by atoms with Gasteiger partial charge in [0.1, 0.15) is 16.2 Å². The standard InChI is InChI=1S/C15H26BrN3/c1-5-7-9-12(8-6-2)17-14-10-13(16)18-15(19-14)11(3)4/h10-12H,5-9H2,1-4H3,(H,17,18,19). The van der Waals surface area contributed by atoms with Crippen molar-refractivity contribution in [3.63, 3.8) is 0 Å². The first-order valence-electron chi connectivity index (χ1n) is 7.37. The largest absolute Gasteiger partial charge is 0.367 e. The molecule has 0 bridgehead atoms. The fourth-order valence-corrected chi connectivity index (χ4v) is 2.46. The molecule has 3 nitrogen and oxygen atoms in total. The van der Waals surface area contributed by atoms with Crippen molar-refractivity contribution >= 4 is 21.7 Å². The summed E-state index contributed by atoms with van der Waals surface area (Å²) in [6.45, 7) is 8.70. The van der Waals surface area contributed by atoms with E-state index in [1.54, 1.807) is 0 Å². The maximum absolute atomic E-state index is 4.61. The molecule has 1 aromatic heterocycles. The quantitative estimate of drug-likeness (QED) is 0.672. The summed E-state index contributed by atoms with van der Waals surface area (Å²) in [6.07, 6.45) is 6.11. The van der Waals surface area contributed by atoms with Crippen LogP contribution in [-0.2, 0) is 0 Å². The molecule has 0 saturated heterocycles. The lowest BCUT2D eigenvalue weighted by molar-refractivity contribution is 0.562. The van der Waals surface area contributed by atoms with Crippen molar-refractivity contribution in [1.82, 2.24) is 9.97 Å². The minimum Gasteiger partial charge on any atom is -0.367 e. The highest BCUT2D eigenvalue weighted by molar-refractivity contribution is 9.10. The van der Waals surface area contributed by atoms with E-state index in [1.807, 2.05) is 6.07 Å². The maximum atomic E-state index is 4.61. The van der Waals surface area contributed by atoms with E-state index in [0.717, 1.165) is 16.2 Å². The van der Waals surface area contributed by atoms with Crippen molar-refractivity contribution in [3.05, 3.63) is 16.5 Å². The predicted molar refractivity (Wildman–Crippen MR) is 85.7 cm³/mol. The van der Waals surface area contributed by atoms with Gasteiger partial charge in [0, 0.05) is 18.0 Å². The zero-order chi connectivity index (χ0) is 14.3. The van der Waals surface area contributed by atoms with Crippen LogP contribution in [0.1, 0.15) is 71.5 Å². The van der Waals surface area contributed by atoms with Crippen molar-refractivity contribution in [2.45, 2.75) is 71.8 Å². The van der Waals surface area contributed by atoms with Gasteiger partial charge in [0.25, 0.3) is 0 Å². The molecule has 0 aliphatic rings. The lowest BCUT2D eigenvalue weighted by Crippen LogP contribution is -2.20. The van der Waals surface area contributed by atoms with Crippen molar-refractivity contribution in [1.29, 1.82) is 0 Å². The number of nitrogens with one attached hydrogen (secondary N) is 1. The number of halogens is 1. The second-order valence-electron chi connectivity index (χ2n) is 5.36. The molecule has 108 valence electrons. The topological polar surface area (TPSA) is 37.8 Å². The van der Waals surface area contributed by atoms with E-state index in [2.05, 4.69) is 58.9 Å². The molecule has 1 unspecified atom stereocenters. The van der Waals surface area contributed by atoms with Crippen LogP contribution >= 0.6 is 15.9 Å². The molecular weight excluding hydrogens is 302 g/mol. The fourth-order valence-electron chi connectivity index (χ4n) is 2.06. The van der Waals surface area contributed by atoms with Gasteiger partial charge in [-0.15, -0.1) is 0 Å². The van der Waals surface area contributed by atoms with Crippen molar-refractivity contribution in [2.75, 3.05) is 5.32 Å². The molecule has 0 amide bonds. The zero-order valence-electron chi connectivity index (χ0n) is 12.5. The van der Waals surface area contributed by atoms with E-state index >= 15 is 0 Å². The average Bonchev–Trinajstić information content (AvgIpc) is 2.35. The predicted octanol–water partition coefficient (Wildman–Crippen LogP) is 5.13. The number of rotatable bonds is 8. The Hall–Kier alpha value is -0.640. The van der Waals surface area contributed by atoms with Gasteiger partial charge >= 0.3 is 0 Å². The second kappa shape index (κ2) is 8.51. The number of aromatic nitrogens is 2. The number of anilines is 1. The molecule has 4 heteroatoms. The lowest BCUT2D eigenvalue weighted by Gasteiger charge is -2.19. The van der Waals surface area contributed by atoms with Crippen LogP contribution in [0.3, 0.4) is 0 Å². The van der Waals surface area contributed by atoms with Gasteiger partial charge in [-0.2, -0.15) is 0 Å². The van der Waals surface area contributed by atoms with Crippen LogP contribution in [0.5, 0.6) is 0 Å². The van der Waals surface area contributed by atoms with E-state index in [9.17, 15) is 0 Å². The Morgan fingerprint density at radius 2 is 1.89 bits per heavy atom. The van der Waals surface area contributed by atoms with Gasteiger partial charge in [-0.25, -0.2) is 9.97 Å². The summed E-state index contributed by atoms with van der Waals surface area (Å²) in [5, 5.41) is 3.57. The highest BCUT2D eigenvalue weighted by Gasteiger charge is 2.11. The van der Waals surface area contributed by atoms with Gasteiger partial charge in [-0.3, -0.25) is 0 Å². The molecule has 0 fully saturated rings. The summed E-state index contributed by atoms with van der Waals surface area (Å²) >= 11 is 3.47. The fraction of sp³-hybridized carbons (Fsp3) is 0.733. The summed E-state index contributed by atoms with van der Waals surface area (Å²) in [6, 6.07) is 2.49. The first-order valence-corrected chi connectivity index (χ1v) is 8.17. The summed E-state index contributed by atoms with van der Waals surface area (Å²) in [5.41, 5.74) is 0. The molecule has 1 heterocycles. The third-order valence-corrected chi connectivity index (χ3v) is 3.53. The van der Waals surface area contributed by atoms with Crippen molar-refractivity contribution < 1.29 is 0 Å². The van der Waals surface area contributed by atoms with Crippen LogP contribution in [0.4, 0.5) is 5.82 Å². The summed E-state index contributed by atoms with van der Waals surface area (Å²) in [4.78, 5) is 9.03. The number of hydrogen-bond donors (Lipinski definition) is 1. The molecular formula is C15H26BrN3. The van der Waals surface area contributed by atoms with Gasteiger partial charge < -0.3 is 5.32 Å². The molecule has 1 atom stereocenters. The zero-order valence-corrected chi connectivity index (χ0v) is 14.1. The normalized spacial score (nSPS) is 12.7. The molecule has 0 aliphatic carbocycles. The minimum absolute atomic E-state index is 0.346. The van der Waals surface area contributed by atoms with Crippen molar-refractivity contribution in [2.24, 2.45) is 0 Å². The lowest BCUT2D eigenvalue weighted by atomic mass is 10.1. The first-order chi connectivity index (χ1) is 9.06. The Morgan fingerprint density at radius 1 is 1.16 bits per heavy atom. The summed E-state index contributed by atoms with van der Waals surface area (Å²) < 4.78 is 0.861. The Morgan fingerprint density at radius 3 is 2.47 bits per heavy atom. The molecule has 19 heavy (non-hydrogen) atoms. The van der Waals surface area contributed by atoms with Crippen LogP contribution in [0, 0.1) is 0 Å². The summed E-state index contributed by atoms with van der Waals surface area (Å²) in [5.74, 6) is 2.18. The number of unbranched alkanes of at least 4 members (excludes halogenated alkanes) is 1. The number of nitrogens with zero attached hydrogens (tertiary/aromatic N) is 2. The van der Waals surface area contributed by atoms with E-state index < -0.39 is 0 Å². The highest BCUT2D eigenvalue weighted by atomic mass is 79.9.